The van der Waals surface area contributed by atoms with Gasteiger partial charge in [0.15, 0.2) is 17.3 Å². The van der Waals surface area contributed by atoms with E-state index in [0.717, 1.165) is 22.0 Å². The molecule has 38 heavy (non-hydrogen) atoms. The molecule has 188 valence electrons. The zero-order valence-corrected chi connectivity index (χ0v) is 21.2. The minimum absolute atomic E-state index is 0.0114. The number of para-hydroxylation sites is 3. The third-order valence-electron chi connectivity index (χ3n) is 6.14. The third-order valence-corrected chi connectivity index (χ3v) is 7.10. The van der Waals surface area contributed by atoms with E-state index in [9.17, 15) is 4.79 Å². The second kappa shape index (κ2) is 9.98. The molecule has 1 N–H and O–H groups in total. The molecule has 0 fully saturated rings. The predicted molar refractivity (Wildman–Crippen MR) is 149 cm³/mol. The maximum absolute atomic E-state index is 13.0. The van der Waals surface area contributed by atoms with Gasteiger partial charge in [0, 0.05) is 40.6 Å². The number of fused-ring (bicyclic) bond motifs is 2. The third kappa shape index (κ3) is 4.35. The molecule has 0 radical (unpaired) electrons. The van der Waals surface area contributed by atoms with Crippen molar-refractivity contribution in [1.29, 1.82) is 5.41 Å². The molecule has 4 heterocycles. The number of amidine groups is 2. The van der Waals surface area contributed by atoms with Crippen LogP contribution in [0.3, 0.4) is 0 Å². The normalized spacial score (nSPS) is 16.0. The van der Waals surface area contributed by atoms with Gasteiger partial charge in [-0.2, -0.15) is 15.1 Å². The monoisotopic (exact) mass is 522 g/mol. The van der Waals surface area contributed by atoms with Crippen molar-refractivity contribution in [2.45, 2.75) is 6.54 Å². The van der Waals surface area contributed by atoms with Gasteiger partial charge in [-0.25, -0.2) is 0 Å². The summed E-state index contributed by atoms with van der Waals surface area (Å²) in [4.78, 5) is 21.3. The molecule has 0 saturated carbocycles. The molecule has 4 aromatic rings. The van der Waals surface area contributed by atoms with Crippen LogP contribution >= 0.6 is 11.8 Å². The Hall–Kier alpha value is -4.70. The number of aliphatic imine (C=N–C) groups is 1. The molecule has 2 aliphatic heterocycles. The van der Waals surface area contributed by atoms with Gasteiger partial charge >= 0.3 is 0 Å². The highest BCUT2D eigenvalue weighted by Crippen LogP contribution is 2.32. The van der Waals surface area contributed by atoms with E-state index >= 15 is 0 Å². The molecule has 0 bridgehead atoms. The average molecular weight is 523 g/mol. The molecule has 10 heteroatoms. The van der Waals surface area contributed by atoms with Gasteiger partial charge in [-0.05, 0) is 48.2 Å². The number of aromatic nitrogens is 2. The van der Waals surface area contributed by atoms with Crippen molar-refractivity contribution in [3.63, 3.8) is 0 Å². The van der Waals surface area contributed by atoms with Crippen molar-refractivity contribution < 1.29 is 14.3 Å². The van der Waals surface area contributed by atoms with Crippen LogP contribution in [0.15, 0.2) is 94.9 Å². The number of ether oxygens (including phenoxy) is 2. The van der Waals surface area contributed by atoms with Crippen molar-refractivity contribution >= 4 is 50.7 Å². The first-order valence-electron chi connectivity index (χ1n) is 11.9. The first-order chi connectivity index (χ1) is 18.6. The highest BCUT2D eigenvalue weighted by Gasteiger charge is 2.36. The smallest absolute Gasteiger partial charge is 0.283 e. The molecule has 0 atom stereocenters. The van der Waals surface area contributed by atoms with E-state index in [1.807, 2.05) is 66.9 Å². The number of carbonyl (C=O) groups is 1. The summed E-state index contributed by atoms with van der Waals surface area (Å²) in [5.41, 5.74) is 2.79. The Balaban J connectivity index is 1.28. The minimum Gasteiger partial charge on any atom is -0.493 e. The lowest BCUT2D eigenvalue weighted by atomic mass is 10.1. The molecule has 6 rings (SSSR count). The Labute approximate surface area is 222 Å². The topological polar surface area (TPSA) is 105 Å². The summed E-state index contributed by atoms with van der Waals surface area (Å²) in [5, 5.41) is 16.7. The zero-order valence-electron chi connectivity index (χ0n) is 20.4. The molecule has 0 spiro atoms. The Morgan fingerprint density at radius 2 is 1.87 bits per heavy atom. The Bertz CT molecular complexity index is 1660. The van der Waals surface area contributed by atoms with Crippen molar-refractivity contribution in [3.8, 4) is 11.5 Å². The van der Waals surface area contributed by atoms with Crippen LogP contribution in [0.4, 0.5) is 0 Å². The maximum atomic E-state index is 13.0. The van der Waals surface area contributed by atoms with E-state index in [4.69, 9.17) is 14.9 Å². The molecule has 0 unspecified atom stereocenters. The van der Waals surface area contributed by atoms with E-state index in [-0.39, 0.29) is 11.4 Å². The number of rotatable bonds is 7. The van der Waals surface area contributed by atoms with Crippen molar-refractivity contribution in [2.75, 3.05) is 13.7 Å². The van der Waals surface area contributed by atoms with Gasteiger partial charge in [0.2, 0.25) is 5.17 Å². The lowest BCUT2D eigenvalue weighted by Crippen LogP contribution is -2.35. The van der Waals surface area contributed by atoms with Crippen LogP contribution in [0.2, 0.25) is 0 Å². The van der Waals surface area contributed by atoms with Crippen LogP contribution in [0.5, 0.6) is 11.5 Å². The van der Waals surface area contributed by atoms with E-state index in [1.54, 1.807) is 25.6 Å². The highest BCUT2D eigenvalue weighted by molar-refractivity contribution is 8.27. The van der Waals surface area contributed by atoms with Gasteiger partial charge in [0.05, 0.1) is 19.2 Å². The fourth-order valence-corrected chi connectivity index (χ4v) is 5.20. The van der Waals surface area contributed by atoms with Gasteiger partial charge in [0.25, 0.3) is 5.91 Å². The Kier molecular flexibility index (Phi) is 6.22. The fourth-order valence-electron chi connectivity index (χ4n) is 4.32. The van der Waals surface area contributed by atoms with E-state index in [2.05, 4.69) is 19.6 Å². The van der Waals surface area contributed by atoms with E-state index < -0.39 is 5.91 Å². The van der Waals surface area contributed by atoms with Crippen LogP contribution < -0.4 is 9.47 Å². The lowest BCUT2D eigenvalue weighted by molar-refractivity contribution is -0.114. The number of pyridine rings is 1. The summed E-state index contributed by atoms with van der Waals surface area (Å²) in [6.07, 6.45) is 7.06. The largest absolute Gasteiger partial charge is 0.493 e. The molecular formula is C28H22N6O3S. The summed E-state index contributed by atoms with van der Waals surface area (Å²) < 4.78 is 13.4. The van der Waals surface area contributed by atoms with Gasteiger partial charge in [-0.3, -0.25) is 15.2 Å². The number of thioether (sulfide) groups is 1. The summed E-state index contributed by atoms with van der Waals surface area (Å²) in [5.74, 6) is 0.882. The number of amides is 1. The number of hydrogen-bond donors (Lipinski definition) is 1. The Morgan fingerprint density at radius 1 is 1.05 bits per heavy atom. The number of carbonyl (C=O) groups excluding carboxylic acids is 1. The molecule has 0 aliphatic carbocycles. The summed E-state index contributed by atoms with van der Waals surface area (Å²) >= 11 is 1.25. The first-order valence-corrected chi connectivity index (χ1v) is 12.7. The number of nitrogens with one attached hydrogen (secondary N) is 1. The summed E-state index contributed by atoms with van der Waals surface area (Å²) in [6.45, 7) is 1.01. The van der Waals surface area contributed by atoms with Crippen molar-refractivity contribution in [2.24, 2.45) is 10.1 Å². The zero-order chi connectivity index (χ0) is 26.1. The molecule has 2 aromatic heterocycles. The Morgan fingerprint density at radius 3 is 2.68 bits per heavy atom. The number of nitrogens with zero attached hydrogens (tertiary/aromatic N) is 5. The van der Waals surface area contributed by atoms with Gasteiger partial charge in [-0.1, -0.05) is 30.3 Å². The van der Waals surface area contributed by atoms with Crippen molar-refractivity contribution in [3.05, 3.63) is 96.0 Å². The van der Waals surface area contributed by atoms with Crippen LogP contribution in [0, 0.1) is 5.41 Å². The SMILES string of the molecule is COc1ccccc1OCCn1cc(/C=C2/C(=N)N3N=C(c4cccnc4)SC3=NC2=O)c2ccccc21. The van der Waals surface area contributed by atoms with Crippen LogP contribution in [-0.4, -0.2) is 50.2 Å². The molecule has 0 saturated heterocycles. The number of benzene rings is 2. The number of methoxy groups -OCH3 is 1. The van der Waals surface area contributed by atoms with Crippen LogP contribution in [-0.2, 0) is 11.3 Å². The van der Waals surface area contributed by atoms with Gasteiger partial charge in [-0.15, -0.1) is 0 Å². The van der Waals surface area contributed by atoms with Gasteiger partial charge < -0.3 is 14.0 Å². The molecule has 2 aromatic carbocycles. The minimum atomic E-state index is -0.465. The van der Waals surface area contributed by atoms with Crippen molar-refractivity contribution in [1.82, 2.24) is 14.6 Å². The standard InChI is InChI=1S/C28H22N6O3S/c1-36-23-10-4-5-11-24(23)37-14-13-33-17-19(20-8-2-3-9-22(20)33)15-21-25(29)34-28(31-26(21)35)38-27(32-34)18-7-6-12-30-16-18/h2-12,15-17,29H,13-14H2,1H3/b21-15-,29-25?. The summed E-state index contributed by atoms with van der Waals surface area (Å²) in [7, 11) is 1.62. The second-order valence-corrected chi connectivity index (χ2v) is 9.42. The second-order valence-electron chi connectivity index (χ2n) is 8.46. The van der Waals surface area contributed by atoms with E-state index in [0.29, 0.717) is 34.9 Å². The molecule has 9 nitrogen and oxygen atoms in total. The summed E-state index contributed by atoms with van der Waals surface area (Å²) in [6, 6.07) is 19.2. The van der Waals surface area contributed by atoms with Crippen LogP contribution in [0.25, 0.3) is 17.0 Å². The predicted octanol–water partition coefficient (Wildman–Crippen LogP) is 4.79. The fraction of sp³-hybridized carbons (Fsp3) is 0.107. The molecule has 2 aliphatic rings. The maximum Gasteiger partial charge on any atom is 0.283 e. The lowest BCUT2D eigenvalue weighted by Gasteiger charge is -2.20. The highest BCUT2D eigenvalue weighted by atomic mass is 32.2. The quantitative estimate of drug-likeness (QED) is 0.350. The van der Waals surface area contributed by atoms with Crippen LogP contribution in [0.1, 0.15) is 11.1 Å². The molecule has 1 amide bonds. The first kappa shape index (κ1) is 23.7. The average Bonchev–Trinajstić information content (AvgIpc) is 3.54. The number of hydrazone groups is 1. The van der Waals surface area contributed by atoms with Gasteiger partial charge in [0.1, 0.15) is 11.7 Å². The van der Waals surface area contributed by atoms with E-state index in [1.165, 1.54) is 16.8 Å². The molecular weight excluding hydrogens is 500 g/mol. The number of hydrogen-bond acceptors (Lipinski definition) is 7.